The highest BCUT2D eigenvalue weighted by atomic mass is 16.3. The van der Waals surface area contributed by atoms with Crippen molar-refractivity contribution in [3.63, 3.8) is 0 Å². The molecule has 0 aromatic carbocycles. The van der Waals surface area contributed by atoms with E-state index < -0.39 is 0 Å². The van der Waals surface area contributed by atoms with Gasteiger partial charge in [0.25, 0.3) is 0 Å². The zero-order chi connectivity index (χ0) is 10.7. The highest BCUT2D eigenvalue weighted by Crippen LogP contribution is 2.11. The molecule has 0 bridgehead atoms. The smallest absolute Gasteiger partial charge is 0.117 e. The Morgan fingerprint density at radius 2 is 2.47 bits per heavy atom. The number of hydrogen-bond donors (Lipinski definition) is 1. The number of rotatable bonds is 3. The topological polar surface area (TPSA) is 28.4 Å². The van der Waals surface area contributed by atoms with Crippen LogP contribution in [0, 0.1) is 5.92 Å². The number of piperazine rings is 1. The molecule has 1 N–H and O–H groups in total. The molecule has 3 nitrogen and oxygen atoms in total. The standard InChI is InChI=1S/C12H20N2O/c1-10(2)12-9-14(6-5-13-12)8-11-4-3-7-15-11/h3-4,7,10,12-13H,5-6,8-9H2,1-2H3/t12-/m1/s1. The second kappa shape index (κ2) is 4.81. The lowest BCUT2D eigenvalue weighted by Crippen LogP contribution is -2.52. The largest absolute Gasteiger partial charge is 0.468 e. The summed E-state index contributed by atoms with van der Waals surface area (Å²) in [4.78, 5) is 2.46. The van der Waals surface area contributed by atoms with Gasteiger partial charge in [-0.1, -0.05) is 13.8 Å². The lowest BCUT2D eigenvalue weighted by atomic mass is 10.0. The van der Waals surface area contributed by atoms with Crippen molar-refractivity contribution in [1.82, 2.24) is 10.2 Å². The monoisotopic (exact) mass is 208 g/mol. The average Bonchev–Trinajstić information content (AvgIpc) is 2.71. The molecular weight excluding hydrogens is 188 g/mol. The summed E-state index contributed by atoms with van der Waals surface area (Å²) in [6, 6.07) is 4.62. The van der Waals surface area contributed by atoms with Crippen LogP contribution in [0.5, 0.6) is 0 Å². The highest BCUT2D eigenvalue weighted by Gasteiger charge is 2.21. The molecule has 1 aromatic rings. The fraction of sp³-hybridized carbons (Fsp3) is 0.667. The Balaban J connectivity index is 1.88. The normalized spacial score (nSPS) is 23.5. The zero-order valence-corrected chi connectivity index (χ0v) is 9.57. The number of hydrogen-bond acceptors (Lipinski definition) is 3. The van der Waals surface area contributed by atoms with Crippen LogP contribution < -0.4 is 5.32 Å². The molecule has 15 heavy (non-hydrogen) atoms. The van der Waals surface area contributed by atoms with Gasteiger partial charge in [-0.25, -0.2) is 0 Å². The molecule has 1 fully saturated rings. The number of furan rings is 1. The fourth-order valence-electron chi connectivity index (χ4n) is 2.06. The first-order chi connectivity index (χ1) is 7.25. The first-order valence-electron chi connectivity index (χ1n) is 5.74. The summed E-state index contributed by atoms with van der Waals surface area (Å²) in [5.74, 6) is 1.77. The van der Waals surface area contributed by atoms with Gasteiger partial charge in [0.05, 0.1) is 12.8 Å². The Hall–Kier alpha value is -0.800. The molecule has 0 spiro atoms. The third kappa shape index (κ3) is 2.83. The van der Waals surface area contributed by atoms with E-state index in [1.807, 2.05) is 12.1 Å². The maximum Gasteiger partial charge on any atom is 0.117 e. The van der Waals surface area contributed by atoms with Crippen LogP contribution in [0.1, 0.15) is 19.6 Å². The van der Waals surface area contributed by atoms with Crippen LogP contribution in [0.2, 0.25) is 0 Å². The van der Waals surface area contributed by atoms with Gasteiger partial charge in [-0.05, 0) is 18.1 Å². The van der Waals surface area contributed by atoms with Crippen LogP contribution >= 0.6 is 0 Å². The van der Waals surface area contributed by atoms with Gasteiger partial charge in [0.1, 0.15) is 5.76 Å². The van der Waals surface area contributed by atoms with Gasteiger partial charge < -0.3 is 9.73 Å². The predicted molar refractivity (Wildman–Crippen MR) is 60.6 cm³/mol. The molecule has 0 aliphatic carbocycles. The van der Waals surface area contributed by atoms with E-state index in [-0.39, 0.29) is 0 Å². The molecular formula is C12H20N2O. The average molecular weight is 208 g/mol. The van der Waals surface area contributed by atoms with E-state index in [2.05, 4.69) is 24.1 Å². The molecule has 0 amide bonds. The van der Waals surface area contributed by atoms with Gasteiger partial charge in [-0.15, -0.1) is 0 Å². The van der Waals surface area contributed by atoms with Crippen molar-refractivity contribution in [1.29, 1.82) is 0 Å². The molecule has 84 valence electrons. The summed E-state index contributed by atoms with van der Waals surface area (Å²) in [6.07, 6.45) is 1.75. The Labute approximate surface area is 91.4 Å². The maximum absolute atomic E-state index is 5.37. The second-order valence-electron chi connectivity index (χ2n) is 4.62. The van der Waals surface area contributed by atoms with E-state index in [4.69, 9.17) is 4.42 Å². The molecule has 0 saturated carbocycles. The minimum atomic E-state index is 0.619. The molecule has 0 unspecified atom stereocenters. The molecule has 0 radical (unpaired) electrons. The van der Waals surface area contributed by atoms with Crippen molar-refractivity contribution in [2.24, 2.45) is 5.92 Å². The van der Waals surface area contributed by atoms with Gasteiger partial charge >= 0.3 is 0 Å². The lowest BCUT2D eigenvalue weighted by Gasteiger charge is -2.35. The van der Waals surface area contributed by atoms with Crippen molar-refractivity contribution in [3.8, 4) is 0 Å². The highest BCUT2D eigenvalue weighted by molar-refractivity contribution is 4.98. The van der Waals surface area contributed by atoms with Gasteiger partial charge in [-0.3, -0.25) is 4.90 Å². The minimum absolute atomic E-state index is 0.619. The summed E-state index contributed by atoms with van der Waals surface area (Å²) < 4.78 is 5.37. The SMILES string of the molecule is CC(C)[C@H]1CN(Cc2ccco2)CCN1. The van der Waals surface area contributed by atoms with Crippen LogP contribution in [-0.2, 0) is 6.54 Å². The van der Waals surface area contributed by atoms with Crippen LogP contribution in [-0.4, -0.2) is 30.6 Å². The fourth-order valence-corrected chi connectivity index (χ4v) is 2.06. The van der Waals surface area contributed by atoms with Crippen LogP contribution in [0.3, 0.4) is 0 Å². The molecule has 3 heteroatoms. The predicted octanol–water partition coefficient (Wildman–Crippen LogP) is 1.71. The summed E-state index contributed by atoms with van der Waals surface area (Å²) in [6.45, 7) is 8.81. The third-order valence-electron chi connectivity index (χ3n) is 3.05. The van der Waals surface area contributed by atoms with Crippen molar-refractivity contribution in [3.05, 3.63) is 24.2 Å². The van der Waals surface area contributed by atoms with Gasteiger partial charge in [0, 0.05) is 25.7 Å². The first kappa shape index (κ1) is 10.7. The van der Waals surface area contributed by atoms with Crippen molar-refractivity contribution >= 4 is 0 Å². The molecule has 1 aliphatic heterocycles. The minimum Gasteiger partial charge on any atom is -0.468 e. The summed E-state index contributed by atoms with van der Waals surface area (Å²) in [5.41, 5.74) is 0. The molecule has 1 saturated heterocycles. The van der Waals surface area contributed by atoms with E-state index in [1.165, 1.54) is 0 Å². The quantitative estimate of drug-likeness (QED) is 0.819. The van der Waals surface area contributed by atoms with E-state index >= 15 is 0 Å². The van der Waals surface area contributed by atoms with Gasteiger partial charge in [-0.2, -0.15) is 0 Å². The van der Waals surface area contributed by atoms with Crippen molar-refractivity contribution in [2.75, 3.05) is 19.6 Å². The van der Waals surface area contributed by atoms with E-state index in [0.717, 1.165) is 31.9 Å². The zero-order valence-electron chi connectivity index (χ0n) is 9.57. The molecule has 2 heterocycles. The third-order valence-corrected chi connectivity index (χ3v) is 3.05. The molecule has 1 aliphatic rings. The first-order valence-corrected chi connectivity index (χ1v) is 5.74. The van der Waals surface area contributed by atoms with Crippen LogP contribution in [0.15, 0.2) is 22.8 Å². The summed E-state index contributed by atoms with van der Waals surface area (Å²) >= 11 is 0. The second-order valence-corrected chi connectivity index (χ2v) is 4.62. The number of nitrogens with one attached hydrogen (secondary N) is 1. The van der Waals surface area contributed by atoms with Crippen molar-refractivity contribution in [2.45, 2.75) is 26.4 Å². The van der Waals surface area contributed by atoms with Gasteiger partial charge in [0.15, 0.2) is 0 Å². The Bertz CT molecular complexity index is 282. The Morgan fingerprint density at radius 3 is 3.13 bits per heavy atom. The van der Waals surface area contributed by atoms with E-state index in [9.17, 15) is 0 Å². The molecule has 1 atom stereocenters. The van der Waals surface area contributed by atoms with Crippen LogP contribution in [0.4, 0.5) is 0 Å². The Morgan fingerprint density at radius 1 is 1.60 bits per heavy atom. The Kier molecular flexibility index (Phi) is 3.44. The summed E-state index contributed by atoms with van der Waals surface area (Å²) in [7, 11) is 0. The molecule has 1 aromatic heterocycles. The van der Waals surface area contributed by atoms with E-state index in [0.29, 0.717) is 12.0 Å². The summed E-state index contributed by atoms with van der Waals surface area (Å²) in [5, 5.41) is 3.56. The number of nitrogens with zero attached hydrogens (tertiary/aromatic N) is 1. The van der Waals surface area contributed by atoms with Crippen LogP contribution in [0.25, 0.3) is 0 Å². The van der Waals surface area contributed by atoms with Gasteiger partial charge in [0.2, 0.25) is 0 Å². The maximum atomic E-state index is 5.37. The van der Waals surface area contributed by atoms with E-state index in [1.54, 1.807) is 6.26 Å². The molecule has 2 rings (SSSR count). The van der Waals surface area contributed by atoms with Crippen molar-refractivity contribution < 1.29 is 4.42 Å². The lowest BCUT2D eigenvalue weighted by molar-refractivity contribution is 0.159.